The quantitative estimate of drug-likeness (QED) is 0.938. The molecule has 1 saturated heterocycles. The lowest BCUT2D eigenvalue weighted by Crippen LogP contribution is -2.39. The van der Waals surface area contributed by atoms with Gasteiger partial charge in [-0.15, -0.1) is 0 Å². The van der Waals surface area contributed by atoms with Crippen LogP contribution in [0.25, 0.3) is 0 Å². The van der Waals surface area contributed by atoms with Gasteiger partial charge in [-0.25, -0.2) is 9.97 Å². The predicted octanol–water partition coefficient (Wildman–Crippen LogP) is 2.40. The van der Waals surface area contributed by atoms with Crippen molar-refractivity contribution in [3.63, 3.8) is 0 Å². The number of pyridine rings is 2. The first kappa shape index (κ1) is 13.8. The van der Waals surface area contributed by atoms with Crippen LogP contribution in [0.15, 0.2) is 36.4 Å². The molecule has 1 fully saturated rings. The normalized spacial score (nSPS) is 18.6. The first-order valence-corrected chi connectivity index (χ1v) is 7.21. The molecule has 0 amide bonds. The third-order valence-electron chi connectivity index (χ3n) is 3.62. The van der Waals surface area contributed by atoms with Crippen LogP contribution in [0.1, 0.15) is 17.5 Å². The molecule has 0 unspecified atom stereocenters. The van der Waals surface area contributed by atoms with E-state index in [0.717, 1.165) is 36.1 Å². The third kappa shape index (κ3) is 3.13. The standard InChI is InChI=1S/C16H20N4O/c1-12-5-3-8-16(18-12)20-9-10-21-14(11-20)13-6-4-7-15(17-2)19-13/h3-8,14H,9-11H2,1-2H3,(H,17,19)/t14-/m0/s1. The number of hydrogen-bond donors (Lipinski definition) is 1. The van der Waals surface area contributed by atoms with Crippen LogP contribution in [0.2, 0.25) is 0 Å². The van der Waals surface area contributed by atoms with Gasteiger partial charge in [-0.2, -0.15) is 0 Å². The van der Waals surface area contributed by atoms with Crippen LogP contribution in [0, 0.1) is 6.92 Å². The van der Waals surface area contributed by atoms with Gasteiger partial charge in [0.2, 0.25) is 0 Å². The fourth-order valence-electron chi connectivity index (χ4n) is 2.51. The molecule has 110 valence electrons. The Morgan fingerprint density at radius 2 is 2.05 bits per heavy atom. The van der Waals surface area contributed by atoms with Crippen molar-refractivity contribution in [2.45, 2.75) is 13.0 Å². The molecule has 1 atom stereocenters. The Kier molecular flexibility index (Phi) is 4.01. The topological polar surface area (TPSA) is 50.3 Å². The zero-order valence-electron chi connectivity index (χ0n) is 12.4. The number of nitrogens with zero attached hydrogens (tertiary/aromatic N) is 3. The largest absolute Gasteiger partial charge is 0.373 e. The maximum Gasteiger partial charge on any atom is 0.128 e. The maximum atomic E-state index is 5.89. The number of nitrogens with one attached hydrogen (secondary N) is 1. The molecule has 1 aliphatic rings. The minimum Gasteiger partial charge on any atom is -0.373 e. The summed E-state index contributed by atoms with van der Waals surface area (Å²) in [5, 5.41) is 3.06. The average molecular weight is 284 g/mol. The molecule has 1 N–H and O–H groups in total. The van der Waals surface area contributed by atoms with Gasteiger partial charge in [0.15, 0.2) is 0 Å². The smallest absolute Gasteiger partial charge is 0.128 e. The van der Waals surface area contributed by atoms with Crippen LogP contribution in [-0.4, -0.2) is 36.7 Å². The molecule has 1 aliphatic heterocycles. The number of hydrogen-bond acceptors (Lipinski definition) is 5. The predicted molar refractivity (Wildman–Crippen MR) is 83.7 cm³/mol. The number of morpholine rings is 1. The zero-order valence-corrected chi connectivity index (χ0v) is 12.4. The first-order chi connectivity index (χ1) is 10.3. The Balaban J connectivity index is 1.79. The minimum absolute atomic E-state index is 0.0191. The van der Waals surface area contributed by atoms with Gasteiger partial charge in [0.1, 0.15) is 17.7 Å². The van der Waals surface area contributed by atoms with Crippen molar-refractivity contribution in [1.29, 1.82) is 0 Å². The van der Waals surface area contributed by atoms with Crippen molar-refractivity contribution in [2.24, 2.45) is 0 Å². The molecule has 2 aromatic heterocycles. The summed E-state index contributed by atoms with van der Waals surface area (Å²) in [7, 11) is 1.87. The van der Waals surface area contributed by atoms with Gasteiger partial charge < -0.3 is 15.0 Å². The summed E-state index contributed by atoms with van der Waals surface area (Å²) >= 11 is 0. The van der Waals surface area contributed by atoms with E-state index in [2.05, 4.69) is 20.2 Å². The summed E-state index contributed by atoms with van der Waals surface area (Å²) in [6, 6.07) is 12.1. The lowest BCUT2D eigenvalue weighted by Gasteiger charge is -2.33. The van der Waals surface area contributed by atoms with Gasteiger partial charge in [-0.3, -0.25) is 0 Å². The van der Waals surface area contributed by atoms with Gasteiger partial charge >= 0.3 is 0 Å². The molecule has 3 rings (SSSR count). The fourth-order valence-corrected chi connectivity index (χ4v) is 2.51. The summed E-state index contributed by atoms with van der Waals surface area (Å²) in [5.41, 5.74) is 1.99. The second kappa shape index (κ2) is 6.10. The highest BCUT2D eigenvalue weighted by atomic mass is 16.5. The van der Waals surface area contributed by atoms with Crippen LogP contribution < -0.4 is 10.2 Å². The highest BCUT2D eigenvalue weighted by Gasteiger charge is 2.24. The second-order valence-corrected chi connectivity index (χ2v) is 5.14. The molecule has 3 heterocycles. The lowest BCUT2D eigenvalue weighted by molar-refractivity contribution is 0.0368. The summed E-state index contributed by atoms with van der Waals surface area (Å²) in [4.78, 5) is 11.4. The van der Waals surface area contributed by atoms with Gasteiger partial charge in [-0.05, 0) is 31.2 Å². The number of aryl methyl sites for hydroxylation is 1. The Hall–Kier alpha value is -2.14. The van der Waals surface area contributed by atoms with Crippen molar-refractivity contribution in [3.8, 4) is 0 Å². The van der Waals surface area contributed by atoms with E-state index >= 15 is 0 Å². The van der Waals surface area contributed by atoms with E-state index < -0.39 is 0 Å². The zero-order chi connectivity index (χ0) is 14.7. The number of anilines is 2. The average Bonchev–Trinajstić information content (AvgIpc) is 2.55. The van der Waals surface area contributed by atoms with Crippen molar-refractivity contribution in [1.82, 2.24) is 9.97 Å². The molecule has 0 aromatic carbocycles. The summed E-state index contributed by atoms with van der Waals surface area (Å²) in [5.74, 6) is 1.87. The van der Waals surface area contributed by atoms with E-state index in [1.807, 2.05) is 50.4 Å². The Labute approximate surface area is 125 Å². The molecule has 5 nitrogen and oxygen atoms in total. The Morgan fingerprint density at radius 3 is 2.86 bits per heavy atom. The third-order valence-corrected chi connectivity index (χ3v) is 3.62. The number of ether oxygens (including phenoxy) is 1. The van der Waals surface area contributed by atoms with Gasteiger partial charge in [0.05, 0.1) is 18.8 Å². The van der Waals surface area contributed by atoms with E-state index in [9.17, 15) is 0 Å². The van der Waals surface area contributed by atoms with Crippen LogP contribution in [0.5, 0.6) is 0 Å². The maximum absolute atomic E-state index is 5.89. The summed E-state index contributed by atoms with van der Waals surface area (Å²) < 4.78 is 5.89. The summed E-state index contributed by atoms with van der Waals surface area (Å²) in [6.07, 6.45) is -0.0191. The monoisotopic (exact) mass is 284 g/mol. The molecule has 0 spiro atoms. The highest BCUT2D eigenvalue weighted by molar-refractivity contribution is 5.41. The van der Waals surface area contributed by atoms with Crippen LogP contribution >= 0.6 is 0 Å². The molecule has 0 aliphatic carbocycles. The van der Waals surface area contributed by atoms with Crippen molar-refractivity contribution >= 4 is 11.6 Å². The number of aromatic nitrogens is 2. The minimum atomic E-state index is -0.0191. The lowest BCUT2D eigenvalue weighted by atomic mass is 10.2. The van der Waals surface area contributed by atoms with E-state index in [1.165, 1.54) is 0 Å². The molecule has 0 saturated carbocycles. The summed E-state index contributed by atoms with van der Waals surface area (Å²) in [6.45, 7) is 4.33. The molecule has 5 heteroatoms. The van der Waals surface area contributed by atoms with Crippen LogP contribution in [0.4, 0.5) is 11.6 Å². The fraction of sp³-hybridized carbons (Fsp3) is 0.375. The van der Waals surface area contributed by atoms with Crippen LogP contribution in [0.3, 0.4) is 0 Å². The second-order valence-electron chi connectivity index (χ2n) is 5.14. The Bertz CT molecular complexity index is 617. The van der Waals surface area contributed by atoms with E-state index in [-0.39, 0.29) is 6.10 Å². The van der Waals surface area contributed by atoms with Crippen molar-refractivity contribution in [3.05, 3.63) is 47.8 Å². The number of rotatable bonds is 3. The highest BCUT2D eigenvalue weighted by Crippen LogP contribution is 2.24. The molecule has 2 aromatic rings. The molecular formula is C16H20N4O. The van der Waals surface area contributed by atoms with Gasteiger partial charge in [0.25, 0.3) is 0 Å². The Morgan fingerprint density at radius 1 is 1.19 bits per heavy atom. The van der Waals surface area contributed by atoms with Crippen molar-refractivity contribution in [2.75, 3.05) is 37.0 Å². The molecule has 21 heavy (non-hydrogen) atoms. The SMILES string of the molecule is CNc1cccc([C@@H]2CN(c3cccc(C)n3)CCO2)n1. The molecule has 0 bridgehead atoms. The van der Waals surface area contributed by atoms with E-state index in [1.54, 1.807) is 0 Å². The van der Waals surface area contributed by atoms with Crippen LogP contribution in [-0.2, 0) is 4.74 Å². The first-order valence-electron chi connectivity index (χ1n) is 7.21. The van der Waals surface area contributed by atoms with E-state index in [4.69, 9.17) is 4.74 Å². The van der Waals surface area contributed by atoms with E-state index in [0.29, 0.717) is 6.61 Å². The molecular weight excluding hydrogens is 264 g/mol. The van der Waals surface area contributed by atoms with Gasteiger partial charge in [0, 0.05) is 19.3 Å². The molecule has 0 radical (unpaired) electrons. The van der Waals surface area contributed by atoms with Crippen molar-refractivity contribution < 1.29 is 4.74 Å². The van der Waals surface area contributed by atoms with Gasteiger partial charge in [-0.1, -0.05) is 12.1 Å².